The SMILES string of the molecule is CC[C@H](NC(=O)C#Cc1ccc2c(c1)OCO2)c1ncc(C)s1. The molecule has 5 nitrogen and oxygen atoms in total. The summed E-state index contributed by atoms with van der Waals surface area (Å²) in [4.78, 5) is 17.5. The van der Waals surface area contributed by atoms with Crippen LogP contribution < -0.4 is 14.8 Å². The monoisotopic (exact) mass is 328 g/mol. The molecule has 0 aliphatic carbocycles. The number of nitrogens with zero attached hydrogens (tertiary/aromatic N) is 1. The van der Waals surface area contributed by atoms with Gasteiger partial charge in [-0.05, 0) is 31.5 Å². The molecule has 0 unspecified atom stereocenters. The minimum absolute atomic E-state index is 0.104. The van der Waals surface area contributed by atoms with Crippen LogP contribution in [-0.4, -0.2) is 17.7 Å². The first-order valence-electron chi connectivity index (χ1n) is 7.30. The maximum Gasteiger partial charge on any atom is 0.296 e. The van der Waals surface area contributed by atoms with Crippen LogP contribution in [0.3, 0.4) is 0 Å². The number of aryl methyl sites for hydroxylation is 1. The molecular weight excluding hydrogens is 312 g/mol. The van der Waals surface area contributed by atoms with E-state index in [2.05, 4.69) is 22.1 Å². The summed E-state index contributed by atoms with van der Waals surface area (Å²) >= 11 is 1.59. The van der Waals surface area contributed by atoms with Crippen LogP contribution in [0.15, 0.2) is 24.4 Å². The largest absolute Gasteiger partial charge is 0.454 e. The fourth-order valence-corrected chi connectivity index (χ4v) is 3.08. The Labute approximate surface area is 138 Å². The second-order valence-electron chi connectivity index (χ2n) is 5.06. The van der Waals surface area contributed by atoms with Gasteiger partial charge in [0.05, 0.1) is 6.04 Å². The number of amides is 1. The zero-order valence-corrected chi connectivity index (χ0v) is 13.7. The first-order chi connectivity index (χ1) is 11.2. The van der Waals surface area contributed by atoms with Gasteiger partial charge in [0.1, 0.15) is 5.01 Å². The number of nitrogens with one attached hydrogen (secondary N) is 1. The molecule has 1 amide bonds. The predicted molar refractivity (Wildman–Crippen MR) is 87.5 cm³/mol. The molecule has 1 aromatic heterocycles. The van der Waals surface area contributed by atoms with Crippen LogP contribution in [0.5, 0.6) is 11.5 Å². The summed E-state index contributed by atoms with van der Waals surface area (Å²) in [5.74, 6) is 6.49. The molecule has 0 bridgehead atoms. The number of hydrogen-bond acceptors (Lipinski definition) is 5. The van der Waals surface area contributed by atoms with Gasteiger partial charge in [-0.1, -0.05) is 12.8 Å². The Morgan fingerprint density at radius 1 is 1.43 bits per heavy atom. The fraction of sp³-hybridized carbons (Fsp3) is 0.294. The van der Waals surface area contributed by atoms with Crippen LogP contribution in [0.4, 0.5) is 0 Å². The van der Waals surface area contributed by atoms with Crippen molar-refractivity contribution < 1.29 is 14.3 Å². The van der Waals surface area contributed by atoms with Gasteiger partial charge in [0.2, 0.25) is 6.79 Å². The molecule has 0 radical (unpaired) electrons. The zero-order chi connectivity index (χ0) is 16.2. The van der Waals surface area contributed by atoms with E-state index in [1.54, 1.807) is 29.5 Å². The predicted octanol–water partition coefficient (Wildman–Crippen LogP) is 2.80. The minimum Gasteiger partial charge on any atom is -0.454 e. The van der Waals surface area contributed by atoms with E-state index in [1.165, 1.54) is 0 Å². The van der Waals surface area contributed by atoms with Crippen molar-refractivity contribution in [1.82, 2.24) is 10.3 Å². The summed E-state index contributed by atoms with van der Waals surface area (Å²) in [6.45, 7) is 4.22. The Bertz CT molecular complexity index is 789. The summed E-state index contributed by atoms with van der Waals surface area (Å²) in [5.41, 5.74) is 0.711. The number of fused-ring (bicyclic) bond motifs is 1. The summed E-state index contributed by atoms with van der Waals surface area (Å²) in [6, 6.07) is 5.25. The van der Waals surface area contributed by atoms with Gasteiger partial charge in [-0.25, -0.2) is 4.98 Å². The lowest BCUT2D eigenvalue weighted by Crippen LogP contribution is -2.26. The second-order valence-corrected chi connectivity index (χ2v) is 6.33. The van der Waals surface area contributed by atoms with Crippen LogP contribution in [0, 0.1) is 18.8 Å². The van der Waals surface area contributed by atoms with Gasteiger partial charge < -0.3 is 14.8 Å². The number of ether oxygens (including phenoxy) is 2. The van der Waals surface area contributed by atoms with Crippen LogP contribution >= 0.6 is 11.3 Å². The van der Waals surface area contributed by atoms with Crippen LogP contribution in [-0.2, 0) is 4.79 Å². The molecule has 1 atom stereocenters. The lowest BCUT2D eigenvalue weighted by molar-refractivity contribution is -0.116. The molecule has 3 rings (SSSR count). The maximum atomic E-state index is 12.0. The van der Waals surface area contributed by atoms with Crippen molar-refractivity contribution in [3.63, 3.8) is 0 Å². The lowest BCUT2D eigenvalue weighted by Gasteiger charge is -2.11. The smallest absolute Gasteiger partial charge is 0.296 e. The van der Waals surface area contributed by atoms with Gasteiger partial charge in [-0.3, -0.25) is 4.79 Å². The molecule has 2 heterocycles. The number of benzene rings is 1. The van der Waals surface area contributed by atoms with Crippen molar-refractivity contribution in [2.75, 3.05) is 6.79 Å². The third-order valence-corrected chi connectivity index (χ3v) is 4.37. The Morgan fingerprint density at radius 3 is 3.00 bits per heavy atom. The first kappa shape index (κ1) is 15.4. The third kappa shape index (κ3) is 3.63. The molecule has 23 heavy (non-hydrogen) atoms. The summed E-state index contributed by atoms with van der Waals surface area (Å²) in [7, 11) is 0. The van der Waals surface area contributed by atoms with Gasteiger partial charge in [0.25, 0.3) is 5.91 Å². The molecule has 1 aliphatic heterocycles. The van der Waals surface area contributed by atoms with Crippen molar-refractivity contribution in [1.29, 1.82) is 0 Å². The number of rotatable bonds is 3. The molecule has 2 aromatic rings. The van der Waals surface area contributed by atoms with Gasteiger partial charge >= 0.3 is 0 Å². The van der Waals surface area contributed by atoms with Crippen molar-refractivity contribution in [2.24, 2.45) is 0 Å². The van der Waals surface area contributed by atoms with Crippen molar-refractivity contribution in [3.8, 4) is 23.3 Å². The van der Waals surface area contributed by atoms with E-state index in [0.717, 1.165) is 16.3 Å². The highest BCUT2D eigenvalue weighted by Gasteiger charge is 2.15. The molecule has 1 N–H and O–H groups in total. The van der Waals surface area contributed by atoms with Gasteiger partial charge in [-0.15, -0.1) is 11.3 Å². The molecular formula is C17H16N2O3S. The molecule has 118 valence electrons. The zero-order valence-electron chi connectivity index (χ0n) is 12.9. The molecule has 0 spiro atoms. The molecule has 1 aromatic carbocycles. The van der Waals surface area contributed by atoms with Crippen LogP contribution in [0.2, 0.25) is 0 Å². The van der Waals surface area contributed by atoms with E-state index < -0.39 is 0 Å². The molecule has 1 aliphatic rings. The second kappa shape index (κ2) is 6.71. The quantitative estimate of drug-likeness (QED) is 0.880. The lowest BCUT2D eigenvalue weighted by atomic mass is 10.2. The Kier molecular flexibility index (Phi) is 4.49. The first-order valence-corrected chi connectivity index (χ1v) is 8.12. The number of carbonyl (C=O) groups is 1. The average molecular weight is 328 g/mol. The number of carbonyl (C=O) groups excluding carboxylic acids is 1. The standard InChI is InChI=1S/C17H16N2O3S/c1-3-13(17-18-9-11(2)23-17)19-16(20)7-5-12-4-6-14-15(8-12)22-10-21-14/h4,6,8-9,13H,3,10H2,1-2H3,(H,19,20)/t13-/m0/s1. The van der Waals surface area contributed by atoms with Crippen molar-refractivity contribution in [2.45, 2.75) is 26.3 Å². The van der Waals surface area contributed by atoms with E-state index in [9.17, 15) is 4.79 Å². The third-order valence-electron chi connectivity index (χ3n) is 3.34. The molecule has 6 heteroatoms. The Balaban J connectivity index is 1.67. The number of aromatic nitrogens is 1. The Morgan fingerprint density at radius 2 is 2.26 bits per heavy atom. The highest BCUT2D eigenvalue weighted by molar-refractivity contribution is 7.11. The van der Waals surface area contributed by atoms with E-state index >= 15 is 0 Å². The van der Waals surface area contributed by atoms with Gasteiger partial charge in [0, 0.05) is 22.6 Å². The minimum atomic E-state index is -0.317. The topological polar surface area (TPSA) is 60.5 Å². The summed E-state index contributed by atoms with van der Waals surface area (Å²) in [5, 5.41) is 3.80. The molecule has 0 saturated heterocycles. The van der Waals surface area contributed by atoms with Crippen LogP contribution in [0.1, 0.15) is 34.8 Å². The summed E-state index contributed by atoms with van der Waals surface area (Å²) < 4.78 is 10.5. The summed E-state index contributed by atoms with van der Waals surface area (Å²) in [6.07, 6.45) is 2.58. The number of thiazole rings is 1. The normalized spacial score (nSPS) is 13.1. The van der Waals surface area contributed by atoms with Gasteiger partial charge in [0.15, 0.2) is 11.5 Å². The van der Waals surface area contributed by atoms with Gasteiger partial charge in [-0.2, -0.15) is 0 Å². The maximum absolute atomic E-state index is 12.0. The van der Waals surface area contributed by atoms with Crippen molar-refractivity contribution in [3.05, 3.63) is 39.8 Å². The van der Waals surface area contributed by atoms with E-state index in [4.69, 9.17) is 9.47 Å². The number of hydrogen-bond donors (Lipinski definition) is 1. The molecule has 0 fully saturated rings. The average Bonchev–Trinajstić information content (AvgIpc) is 3.18. The van der Waals surface area contributed by atoms with E-state index in [-0.39, 0.29) is 18.7 Å². The van der Waals surface area contributed by atoms with Crippen molar-refractivity contribution >= 4 is 17.2 Å². The van der Waals surface area contributed by atoms with E-state index in [0.29, 0.717) is 17.1 Å². The Hall–Kier alpha value is -2.52. The highest BCUT2D eigenvalue weighted by Crippen LogP contribution is 2.32. The van der Waals surface area contributed by atoms with E-state index in [1.807, 2.05) is 20.0 Å². The van der Waals surface area contributed by atoms with Crippen LogP contribution in [0.25, 0.3) is 0 Å². The fourth-order valence-electron chi connectivity index (χ4n) is 2.17. The molecule has 0 saturated carbocycles. The highest BCUT2D eigenvalue weighted by atomic mass is 32.1.